The molecule has 0 amide bonds. The molecule has 0 fully saturated rings. The summed E-state index contributed by atoms with van der Waals surface area (Å²) >= 11 is 0. The smallest absolute Gasteiger partial charge is 0.346 e. The summed E-state index contributed by atoms with van der Waals surface area (Å²) in [5, 5.41) is 0. The van der Waals surface area contributed by atoms with Crippen LogP contribution in [0.15, 0.2) is 23.8 Å². The summed E-state index contributed by atoms with van der Waals surface area (Å²) in [5.74, 6) is -0.303. The number of hydrogen-bond donors (Lipinski definition) is 0. The normalized spacial score (nSPS) is 22.3. The van der Waals surface area contributed by atoms with E-state index in [1.54, 1.807) is 6.92 Å². The van der Waals surface area contributed by atoms with Gasteiger partial charge in [-0.1, -0.05) is 18.2 Å². The van der Waals surface area contributed by atoms with Crippen LogP contribution in [0.2, 0.25) is 0 Å². The van der Waals surface area contributed by atoms with E-state index in [0.717, 1.165) is 5.57 Å². The van der Waals surface area contributed by atoms with Crippen LogP contribution in [0.25, 0.3) is 5.53 Å². The second kappa shape index (κ2) is 3.50. The van der Waals surface area contributed by atoms with Crippen LogP contribution in [0.5, 0.6) is 0 Å². The fourth-order valence-corrected chi connectivity index (χ4v) is 1.41. The lowest BCUT2D eigenvalue weighted by Crippen LogP contribution is -2.29. The van der Waals surface area contributed by atoms with Crippen LogP contribution in [0.1, 0.15) is 20.3 Å². The first kappa shape index (κ1) is 9.62. The monoisotopic (exact) mass is 176 g/mol. The minimum atomic E-state index is -0.179. The number of ketones is 1. The van der Waals surface area contributed by atoms with Gasteiger partial charge in [-0.2, -0.15) is 4.79 Å². The Kier molecular flexibility index (Phi) is 2.59. The third kappa shape index (κ3) is 1.65. The summed E-state index contributed by atoms with van der Waals surface area (Å²) in [6.07, 6.45) is 2.56. The first-order valence-corrected chi connectivity index (χ1v) is 4.16. The summed E-state index contributed by atoms with van der Waals surface area (Å²) in [5.41, 5.74) is 10.4. The highest BCUT2D eigenvalue weighted by atomic mass is 16.1. The highest BCUT2D eigenvalue weighted by Crippen LogP contribution is 2.22. The van der Waals surface area contributed by atoms with Crippen molar-refractivity contribution >= 4 is 11.5 Å². The molecular weight excluding hydrogens is 164 g/mol. The quantitative estimate of drug-likeness (QED) is 0.341. The standard InChI is InChI=1S/C10H12N2O/c1-6(2)8-5-4-7(3)10(13)9(8)12-11/h4,8H,1,5H2,2-3H3/t8-/m1/s1. The zero-order valence-electron chi connectivity index (χ0n) is 7.87. The van der Waals surface area contributed by atoms with Crippen molar-refractivity contribution in [3.05, 3.63) is 29.3 Å². The molecule has 0 saturated heterocycles. The Morgan fingerprint density at radius 1 is 1.77 bits per heavy atom. The Morgan fingerprint density at radius 3 is 2.85 bits per heavy atom. The van der Waals surface area contributed by atoms with Crippen molar-refractivity contribution in [2.24, 2.45) is 5.92 Å². The van der Waals surface area contributed by atoms with Crippen molar-refractivity contribution in [2.45, 2.75) is 20.3 Å². The van der Waals surface area contributed by atoms with Gasteiger partial charge in [0.25, 0.3) is 5.78 Å². The van der Waals surface area contributed by atoms with Gasteiger partial charge in [-0.3, -0.25) is 4.79 Å². The van der Waals surface area contributed by atoms with E-state index in [2.05, 4.69) is 11.4 Å². The second-order valence-electron chi connectivity index (χ2n) is 3.34. The molecule has 0 spiro atoms. The summed E-state index contributed by atoms with van der Waals surface area (Å²) in [6, 6.07) is 0. The molecule has 0 N–H and O–H groups in total. The third-order valence-corrected chi connectivity index (χ3v) is 2.28. The van der Waals surface area contributed by atoms with E-state index < -0.39 is 0 Å². The Morgan fingerprint density at radius 2 is 2.38 bits per heavy atom. The molecule has 1 aliphatic rings. The molecule has 0 heterocycles. The maximum atomic E-state index is 11.5. The van der Waals surface area contributed by atoms with E-state index in [1.807, 2.05) is 13.0 Å². The van der Waals surface area contributed by atoms with Crippen molar-refractivity contribution in [1.29, 1.82) is 0 Å². The largest absolute Gasteiger partial charge is 0.361 e. The molecule has 0 radical (unpaired) electrons. The summed E-state index contributed by atoms with van der Waals surface area (Å²) in [4.78, 5) is 14.5. The molecule has 68 valence electrons. The van der Waals surface area contributed by atoms with Gasteiger partial charge in [-0.25, -0.2) is 0 Å². The number of carbonyl (C=O) groups excluding carboxylic acids is 1. The van der Waals surface area contributed by atoms with Crippen molar-refractivity contribution < 1.29 is 9.58 Å². The fourth-order valence-electron chi connectivity index (χ4n) is 1.41. The average molecular weight is 176 g/mol. The van der Waals surface area contributed by atoms with Gasteiger partial charge in [0, 0.05) is 5.57 Å². The van der Waals surface area contributed by atoms with E-state index in [9.17, 15) is 4.79 Å². The molecule has 1 atom stereocenters. The molecule has 0 aliphatic heterocycles. The lowest BCUT2D eigenvalue weighted by atomic mass is 9.83. The van der Waals surface area contributed by atoms with Gasteiger partial charge in [0.15, 0.2) is 0 Å². The summed E-state index contributed by atoms with van der Waals surface area (Å²) < 4.78 is 0. The summed E-state index contributed by atoms with van der Waals surface area (Å²) in [6.45, 7) is 7.32. The topological polar surface area (TPSA) is 53.5 Å². The molecular formula is C10H12N2O. The third-order valence-electron chi connectivity index (χ3n) is 2.28. The van der Waals surface area contributed by atoms with E-state index in [1.165, 1.54) is 0 Å². The van der Waals surface area contributed by atoms with Crippen molar-refractivity contribution in [3.63, 3.8) is 0 Å². The van der Waals surface area contributed by atoms with Crippen LogP contribution in [0, 0.1) is 5.92 Å². The number of carbonyl (C=O) groups is 1. The molecule has 13 heavy (non-hydrogen) atoms. The highest BCUT2D eigenvalue weighted by molar-refractivity contribution is 6.45. The fraction of sp³-hybridized carbons (Fsp3) is 0.400. The lowest BCUT2D eigenvalue weighted by molar-refractivity contribution is -0.115. The number of Topliss-reactive ketones (excluding diaryl/α,β-unsaturated/α-hetero) is 1. The first-order valence-electron chi connectivity index (χ1n) is 4.16. The number of nitrogens with zero attached hydrogens (tertiary/aromatic N) is 2. The minimum absolute atomic E-state index is 0.124. The Bertz CT molecular complexity index is 346. The van der Waals surface area contributed by atoms with Gasteiger partial charge >= 0.3 is 5.71 Å². The molecule has 0 aromatic carbocycles. The van der Waals surface area contributed by atoms with Gasteiger partial charge in [0.2, 0.25) is 0 Å². The van der Waals surface area contributed by atoms with Crippen molar-refractivity contribution in [3.8, 4) is 0 Å². The number of allylic oxidation sites excluding steroid dienone is 3. The van der Waals surface area contributed by atoms with Crippen LogP contribution in [0.3, 0.4) is 0 Å². The molecule has 0 bridgehead atoms. The summed E-state index contributed by atoms with van der Waals surface area (Å²) in [7, 11) is 0. The lowest BCUT2D eigenvalue weighted by Gasteiger charge is -2.14. The van der Waals surface area contributed by atoms with E-state index in [-0.39, 0.29) is 17.4 Å². The van der Waals surface area contributed by atoms with Gasteiger partial charge < -0.3 is 5.53 Å². The molecule has 3 nitrogen and oxygen atoms in total. The molecule has 1 aliphatic carbocycles. The molecule has 0 aromatic heterocycles. The molecule has 1 rings (SSSR count). The van der Waals surface area contributed by atoms with Crippen LogP contribution in [-0.2, 0) is 4.79 Å². The predicted molar refractivity (Wildman–Crippen MR) is 50.3 cm³/mol. The Balaban J connectivity index is 3.14. The van der Waals surface area contributed by atoms with Gasteiger partial charge in [0.1, 0.15) is 0 Å². The number of hydrogen-bond acceptors (Lipinski definition) is 1. The minimum Gasteiger partial charge on any atom is -0.361 e. The van der Waals surface area contributed by atoms with Gasteiger partial charge in [-0.15, -0.1) is 0 Å². The van der Waals surface area contributed by atoms with E-state index in [0.29, 0.717) is 12.0 Å². The molecule has 0 aromatic rings. The van der Waals surface area contributed by atoms with Crippen LogP contribution in [0.4, 0.5) is 0 Å². The zero-order chi connectivity index (χ0) is 10.0. The number of rotatable bonds is 1. The first-order chi connectivity index (χ1) is 6.07. The van der Waals surface area contributed by atoms with Crippen molar-refractivity contribution in [2.75, 3.05) is 0 Å². The maximum absolute atomic E-state index is 11.5. The Hall–Kier alpha value is -1.47. The zero-order valence-corrected chi connectivity index (χ0v) is 7.87. The second-order valence-corrected chi connectivity index (χ2v) is 3.34. The van der Waals surface area contributed by atoms with Crippen LogP contribution < -0.4 is 0 Å². The van der Waals surface area contributed by atoms with E-state index >= 15 is 0 Å². The van der Waals surface area contributed by atoms with Gasteiger partial charge in [0.05, 0.1) is 5.92 Å². The molecule has 0 unspecified atom stereocenters. The maximum Gasteiger partial charge on any atom is 0.346 e. The Labute approximate surface area is 77.4 Å². The SMILES string of the molecule is C=C(C)[C@H]1CC=C(C)C(=O)C1=[N+]=[N-]. The molecule has 0 saturated carbocycles. The van der Waals surface area contributed by atoms with Gasteiger partial charge in [-0.05, 0) is 20.3 Å². The van der Waals surface area contributed by atoms with Crippen LogP contribution >= 0.6 is 0 Å². The van der Waals surface area contributed by atoms with Crippen LogP contribution in [-0.4, -0.2) is 16.3 Å². The predicted octanol–water partition coefficient (Wildman–Crippen LogP) is 1.77. The van der Waals surface area contributed by atoms with Crippen molar-refractivity contribution in [1.82, 2.24) is 0 Å². The van der Waals surface area contributed by atoms with E-state index in [4.69, 9.17) is 5.53 Å². The molecule has 3 heteroatoms. The highest BCUT2D eigenvalue weighted by Gasteiger charge is 2.34. The average Bonchev–Trinajstić information content (AvgIpc) is 2.09.